The van der Waals surface area contributed by atoms with E-state index < -0.39 is 18.5 Å². The number of pyridine rings is 1. The highest BCUT2D eigenvalue weighted by Gasteiger charge is 2.34. The van der Waals surface area contributed by atoms with Crippen LogP contribution in [0.25, 0.3) is 22.5 Å². The molecule has 0 atom stereocenters. The Morgan fingerprint density at radius 3 is 2.26 bits per heavy atom. The Balaban J connectivity index is 1.63. The first-order chi connectivity index (χ1) is 16.6. The minimum absolute atomic E-state index is 0.0314. The van der Waals surface area contributed by atoms with Crippen LogP contribution in [0.15, 0.2) is 48.9 Å². The number of amides is 1. The number of aryl methyl sites for hydroxylation is 1. The van der Waals surface area contributed by atoms with Crippen molar-refractivity contribution in [1.82, 2.24) is 19.9 Å². The van der Waals surface area contributed by atoms with Crippen LogP contribution < -0.4 is 4.90 Å². The van der Waals surface area contributed by atoms with E-state index in [1.54, 1.807) is 30.7 Å². The predicted molar refractivity (Wildman–Crippen MR) is 125 cm³/mol. The summed E-state index contributed by atoms with van der Waals surface area (Å²) < 4.78 is 37.7. The number of hydrogen-bond acceptors (Lipinski definition) is 6. The first-order valence-corrected chi connectivity index (χ1v) is 11.1. The van der Waals surface area contributed by atoms with E-state index in [-0.39, 0.29) is 18.9 Å². The van der Waals surface area contributed by atoms with Gasteiger partial charge in [-0.2, -0.15) is 13.2 Å². The molecule has 7 nitrogen and oxygen atoms in total. The number of piperazine rings is 1. The number of anilines is 1. The number of hydrogen-bond donors (Lipinski definition) is 0. The largest absolute Gasteiger partial charge is 0.397 e. The smallest absolute Gasteiger partial charge is 0.352 e. The molecule has 0 aliphatic carbocycles. The van der Waals surface area contributed by atoms with Crippen LogP contribution in [-0.2, 0) is 4.79 Å². The highest BCUT2D eigenvalue weighted by atomic mass is 19.4. The lowest BCUT2D eigenvalue weighted by atomic mass is 10.0. The molecule has 0 radical (unpaired) electrons. The zero-order valence-corrected chi connectivity index (χ0v) is 19.3. The Kier molecular flexibility index (Phi) is 6.81. The number of benzene rings is 1. The van der Waals surface area contributed by atoms with Gasteiger partial charge in [-0.3, -0.25) is 19.6 Å². The van der Waals surface area contributed by atoms with Crippen LogP contribution in [0.3, 0.4) is 0 Å². The second-order valence-corrected chi connectivity index (χ2v) is 8.41. The standard InChI is InChI=1S/C25H24F3N5O2/c1-16-14-29-8-7-20(16)24-23(19-5-3-18(4-6-19)17(2)34)30-15-21(31-24)32-9-11-33(12-10-32)22(35)13-25(26,27)28/h3-8,14-15H,9-13H2,1-2H3. The minimum atomic E-state index is -4.52. The summed E-state index contributed by atoms with van der Waals surface area (Å²) in [4.78, 5) is 40.4. The van der Waals surface area contributed by atoms with Crippen LogP contribution in [-0.4, -0.2) is 63.9 Å². The van der Waals surface area contributed by atoms with Crippen molar-refractivity contribution in [2.24, 2.45) is 0 Å². The zero-order chi connectivity index (χ0) is 25.2. The summed E-state index contributed by atoms with van der Waals surface area (Å²) in [6, 6.07) is 8.99. The van der Waals surface area contributed by atoms with Gasteiger partial charge < -0.3 is 9.80 Å². The maximum Gasteiger partial charge on any atom is 0.397 e. The number of carbonyl (C=O) groups is 2. The van der Waals surface area contributed by atoms with E-state index >= 15 is 0 Å². The summed E-state index contributed by atoms with van der Waals surface area (Å²) in [6.07, 6.45) is -0.937. The van der Waals surface area contributed by atoms with Gasteiger partial charge in [0.25, 0.3) is 0 Å². The average molecular weight is 483 g/mol. The van der Waals surface area contributed by atoms with Gasteiger partial charge in [0.1, 0.15) is 12.2 Å². The van der Waals surface area contributed by atoms with Gasteiger partial charge in [-0.15, -0.1) is 0 Å². The SMILES string of the molecule is CC(=O)c1ccc(-c2ncc(N3CCN(C(=O)CC(F)(F)F)CC3)nc2-c2ccncc2C)cc1. The van der Waals surface area contributed by atoms with E-state index in [1.807, 2.05) is 30.0 Å². The normalized spacial score (nSPS) is 14.2. The fraction of sp³-hybridized carbons (Fsp3) is 0.320. The van der Waals surface area contributed by atoms with Crippen molar-refractivity contribution in [3.05, 3.63) is 60.0 Å². The van der Waals surface area contributed by atoms with E-state index in [1.165, 1.54) is 11.8 Å². The van der Waals surface area contributed by atoms with Crippen LogP contribution in [0.2, 0.25) is 0 Å². The van der Waals surface area contributed by atoms with Gasteiger partial charge in [0.2, 0.25) is 5.91 Å². The third kappa shape index (κ3) is 5.64. The number of aromatic nitrogens is 3. The molecule has 10 heteroatoms. The molecule has 35 heavy (non-hydrogen) atoms. The summed E-state index contributed by atoms with van der Waals surface area (Å²) in [5, 5.41) is 0. The summed E-state index contributed by atoms with van der Waals surface area (Å²) in [5.41, 5.74) is 4.41. The molecule has 1 amide bonds. The molecule has 0 N–H and O–H groups in total. The Bertz CT molecular complexity index is 1240. The van der Waals surface area contributed by atoms with E-state index in [9.17, 15) is 22.8 Å². The second kappa shape index (κ2) is 9.81. The van der Waals surface area contributed by atoms with E-state index in [4.69, 9.17) is 4.98 Å². The average Bonchev–Trinajstić information content (AvgIpc) is 2.83. The van der Waals surface area contributed by atoms with Crippen molar-refractivity contribution in [2.45, 2.75) is 26.4 Å². The Morgan fingerprint density at radius 1 is 0.971 bits per heavy atom. The molecule has 4 rings (SSSR count). The van der Waals surface area contributed by atoms with Crippen molar-refractivity contribution in [3.63, 3.8) is 0 Å². The van der Waals surface area contributed by atoms with Gasteiger partial charge in [0.05, 0.1) is 17.6 Å². The van der Waals surface area contributed by atoms with Crippen LogP contribution in [0.4, 0.5) is 19.0 Å². The van der Waals surface area contributed by atoms with Crippen LogP contribution >= 0.6 is 0 Å². The number of alkyl halides is 3. The van der Waals surface area contributed by atoms with Gasteiger partial charge in [0.15, 0.2) is 5.78 Å². The number of carbonyl (C=O) groups excluding carboxylic acids is 2. The number of nitrogens with zero attached hydrogens (tertiary/aromatic N) is 5. The van der Waals surface area contributed by atoms with Crippen molar-refractivity contribution >= 4 is 17.5 Å². The zero-order valence-electron chi connectivity index (χ0n) is 19.3. The molecule has 1 aliphatic heterocycles. The van der Waals surface area contributed by atoms with E-state index in [2.05, 4.69) is 9.97 Å². The molecule has 1 fully saturated rings. The number of rotatable bonds is 5. The van der Waals surface area contributed by atoms with Crippen molar-refractivity contribution < 1.29 is 22.8 Å². The van der Waals surface area contributed by atoms with Gasteiger partial charge in [0, 0.05) is 55.3 Å². The van der Waals surface area contributed by atoms with E-state index in [0.29, 0.717) is 35.9 Å². The van der Waals surface area contributed by atoms with Crippen LogP contribution in [0.5, 0.6) is 0 Å². The number of ketones is 1. The Morgan fingerprint density at radius 2 is 1.66 bits per heavy atom. The first kappa shape index (κ1) is 24.3. The lowest BCUT2D eigenvalue weighted by molar-refractivity contribution is -0.161. The molecule has 0 unspecified atom stereocenters. The molecule has 2 aromatic heterocycles. The fourth-order valence-electron chi connectivity index (χ4n) is 4.00. The Hall–Kier alpha value is -3.82. The number of Topliss-reactive ketones (excluding diaryl/α,β-unsaturated/α-hetero) is 1. The third-order valence-corrected chi connectivity index (χ3v) is 5.91. The van der Waals surface area contributed by atoms with Crippen molar-refractivity contribution in [1.29, 1.82) is 0 Å². The third-order valence-electron chi connectivity index (χ3n) is 5.91. The number of halogens is 3. The first-order valence-electron chi connectivity index (χ1n) is 11.1. The van der Waals surface area contributed by atoms with Crippen LogP contribution in [0, 0.1) is 6.92 Å². The summed E-state index contributed by atoms with van der Waals surface area (Å²) in [7, 11) is 0. The second-order valence-electron chi connectivity index (χ2n) is 8.41. The maximum atomic E-state index is 12.6. The fourth-order valence-corrected chi connectivity index (χ4v) is 4.00. The lowest BCUT2D eigenvalue weighted by Crippen LogP contribution is -2.49. The molecule has 1 saturated heterocycles. The van der Waals surface area contributed by atoms with Gasteiger partial charge in [-0.1, -0.05) is 24.3 Å². The van der Waals surface area contributed by atoms with Gasteiger partial charge in [-0.25, -0.2) is 4.98 Å². The maximum absolute atomic E-state index is 12.6. The molecular weight excluding hydrogens is 459 g/mol. The molecule has 1 aromatic carbocycles. The highest BCUT2D eigenvalue weighted by molar-refractivity contribution is 5.94. The lowest BCUT2D eigenvalue weighted by Gasteiger charge is -2.35. The summed E-state index contributed by atoms with van der Waals surface area (Å²) >= 11 is 0. The molecule has 0 saturated carbocycles. The van der Waals surface area contributed by atoms with Gasteiger partial charge in [-0.05, 0) is 25.5 Å². The monoisotopic (exact) mass is 483 g/mol. The van der Waals surface area contributed by atoms with E-state index in [0.717, 1.165) is 16.7 Å². The molecule has 0 bridgehead atoms. The topological polar surface area (TPSA) is 79.3 Å². The van der Waals surface area contributed by atoms with Crippen molar-refractivity contribution in [2.75, 3.05) is 31.1 Å². The van der Waals surface area contributed by atoms with Crippen molar-refractivity contribution in [3.8, 4) is 22.5 Å². The molecule has 3 aromatic rings. The molecule has 182 valence electrons. The quantitative estimate of drug-likeness (QED) is 0.503. The summed E-state index contributed by atoms with van der Waals surface area (Å²) in [6.45, 7) is 4.47. The minimum Gasteiger partial charge on any atom is -0.352 e. The predicted octanol–water partition coefficient (Wildman–Crippen LogP) is 4.32. The van der Waals surface area contributed by atoms with Crippen LogP contribution in [0.1, 0.15) is 29.3 Å². The molecule has 1 aliphatic rings. The molecule has 3 heterocycles. The van der Waals surface area contributed by atoms with Gasteiger partial charge >= 0.3 is 6.18 Å². The summed E-state index contributed by atoms with van der Waals surface area (Å²) in [5.74, 6) is -0.375. The Labute approximate surface area is 200 Å². The molecule has 0 spiro atoms. The molecular formula is C25H24F3N5O2. The highest BCUT2D eigenvalue weighted by Crippen LogP contribution is 2.32.